The van der Waals surface area contributed by atoms with Crippen molar-refractivity contribution in [3.63, 3.8) is 0 Å². The molecule has 1 aliphatic rings. The number of hydrogen-bond donors (Lipinski definition) is 1. The Bertz CT molecular complexity index is 979. The summed E-state index contributed by atoms with van der Waals surface area (Å²) in [5.41, 5.74) is 1.24. The van der Waals surface area contributed by atoms with E-state index >= 15 is 0 Å². The molecule has 7 heteroatoms. The first-order chi connectivity index (χ1) is 15.5. The van der Waals surface area contributed by atoms with Crippen molar-refractivity contribution >= 4 is 17.9 Å². The standard InChI is InChI=1S/C25H30N2O5/c1-17-12-14-27(15-13-17)25(29)20(26-24(28)18-8-6-5-7-9-18)16-19-10-11-21(30-2)23(32-4)22(19)31-3/h5-11,16-17H,12-15H2,1-4H3,(H,26,28). The van der Waals surface area contributed by atoms with E-state index in [0.29, 0.717) is 47.4 Å². The largest absolute Gasteiger partial charge is 0.493 e. The van der Waals surface area contributed by atoms with Crippen LogP contribution in [0.25, 0.3) is 6.08 Å². The number of carbonyl (C=O) groups is 2. The van der Waals surface area contributed by atoms with Crippen molar-refractivity contribution in [2.75, 3.05) is 34.4 Å². The molecular formula is C25H30N2O5. The number of nitrogens with one attached hydrogen (secondary N) is 1. The molecule has 32 heavy (non-hydrogen) atoms. The van der Waals surface area contributed by atoms with Gasteiger partial charge in [-0.25, -0.2) is 0 Å². The minimum absolute atomic E-state index is 0.180. The van der Waals surface area contributed by atoms with E-state index in [0.717, 1.165) is 12.8 Å². The van der Waals surface area contributed by atoms with Crippen LogP contribution in [-0.2, 0) is 4.79 Å². The molecular weight excluding hydrogens is 408 g/mol. The number of piperidine rings is 1. The lowest BCUT2D eigenvalue weighted by Crippen LogP contribution is -2.42. The second-order valence-electron chi connectivity index (χ2n) is 7.78. The number of ether oxygens (including phenoxy) is 3. The molecule has 0 aromatic heterocycles. The highest BCUT2D eigenvalue weighted by Gasteiger charge is 2.25. The van der Waals surface area contributed by atoms with Gasteiger partial charge in [-0.1, -0.05) is 25.1 Å². The highest BCUT2D eigenvalue weighted by molar-refractivity contribution is 6.05. The van der Waals surface area contributed by atoms with Gasteiger partial charge in [0, 0.05) is 24.2 Å². The average Bonchev–Trinajstić information content (AvgIpc) is 2.83. The van der Waals surface area contributed by atoms with E-state index < -0.39 is 0 Å². The van der Waals surface area contributed by atoms with Crippen LogP contribution in [0.3, 0.4) is 0 Å². The second kappa shape index (κ2) is 10.7. The highest BCUT2D eigenvalue weighted by Crippen LogP contribution is 2.40. The van der Waals surface area contributed by atoms with Crippen LogP contribution in [-0.4, -0.2) is 51.1 Å². The summed E-state index contributed by atoms with van der Waals surface area (Å²) in [7, 11) is 4.58. The first kappa shape index (κ1) is 23.2. The summed E-state index contributed by atoms with van der Waals surface area (Å²) in [6.45, 7) is 3.49. The first-order valence-electron chi connectivity index (χ1n) is 10.6. The number of amides is 2. The number of likely N-dealkylation sites (tertiary alicyclic amines) is 1. The third-order valence-electron chi connectivity index (χ3n) is 5.62. The summed E-state index contributed by atoms with van der Waals surface area (Å²) in [5.74, 6) is 1.34. The van der Waals surface area contributed by atoms with E-state index in [-0.39, 0.29) is 17.5 Å². The normalized spacial score (nSPS) is 14.6. The quantitative estimate of drug-likeness (QED) is 0.667. The maximum atomic E-state index is 13.4. The molecule has 1 fully saturated rings. The van der Waals surface area contributed by atoms with E-state index in [1.807, 2.05) is 6.07 Å². The van der Waals surface area contributed by atoms with Crippen molar-refractivity contribution in [1.29, 1.82) is 0 Å². The number of rotatable bonds is 7. The van der Waals surface area contributed by atoms with Crippen molar-refractivity contribution in [1.82, 2.24) is 10.2 Å². The molecule has 3 rings (SSSR count). The SMILES string of the molecule is COc1ccc(C=C(NC(=O)c2ccccc2)C(=O)N2CCC(C)CC2)c(OC)c1OC. The minimum atomic E-state index is -0.352. The van der Waals surface area contributed by atoms with Gasteiger partial charge in [-0.05, 0) is 49.1 Å². The lowest BCUT2D eigenvalue weighted by molar-refractivity contribution is -0.128. The van der Waals surface area contributed by atoms with Crippen LogP contribution in [0.2, 0.25) is 0 Å². The molecule has 0 unspecified atom stereocenters. The Labute approximate surface area is 189 Å². The highest BCUT2D eigenvalue weighted by atomic mass is 16.5. The van der Waals surface area contributed by atoms with E-state index in [9.17, 15) is 9.59 Å². The molecule has 1 heterocycles. The molecule has 0 radical (unpaired) electrons. The monoisotopic (exact) mass is 438 g/mol. The molecule has 2 aromatic carbocycles. The fraction of sp³-hybridized carbons (Fsp3) is 0.360. The molecule has 1 saturated heterocycles. The fourth-order valence-electron chi connectivity index (χ4n) is 3.71. The molecule has 0 spiro atoms. The first-order valence-corrected chi connectivity index (χ1v) is 10.6. The zero-order valence-corrected chi connectivity index (χ0v) is 19.0. The summed E-state index contributed by atoms with van der Waals surface area (Å²) < 4.78 is 16.4. The van der Waals surface area contributed by atoms with Crippen LogP contribution in [0.1, 0.15) is 35.7 Å². The number of nitrogens with zero attached hydrogens (tertiary/aromatic N) is 1. The van der Waals surface area contributed by atoms with E-state index in [1.54, 1.807) is 54.5 Å². The van der Waals surface area contributed by atoms with Gasteiger partial charge in [0.2, 0.25) is 5.75 Å². The molecule has 0 aliphatic carbocycles. The van der Waals surface area contributed by atoms with Crippen molar-refractivity contribution in [2.24, 2.45) is 5.92 Å². The van der Waals surface area contributed by atoms with Crippen molar-refractivity contribution < 1.29 is 23.8 Å². The van der Waals surface area contributed by atoms with Gasteiger partial charge in [-0.3, -0.25) is 9.59 Å². The predicted octanol–water partition coefficient (Wildman–Crippen LogP) is 3.74. The van der Waals surface area contributed by atoms with Gasteiger partial charge in [0.05, 0.1) is 21.3 Å². The summed E-state index contributed by atoms with van der Waals surface area (Å²) in [6, 6.07) is 12.3. The van der Waals surface area contributed by atoms with E-state index in [4.69, 9.17) is 14.2 Å². The zero-order valence-electron chi connectivity index (χ0n) is 19.0. The Balaban J connectivity index is 2.01. The molecule has 7 nitrogen and oxygen atoms in total. The van der Waals surface area contributed by atoms with Gasteiger partial charge in [-0.15, -0.1) is 0 Å². The Hall–Kier alpha value is -3.48. The van der Waals surface area contributed by atoms with Crippen molar-refractivity contribution in [2.45, 2.75) is 19.8 Å². The van der Waals surface area contributed by atoms with Crippen LogP contribution < -0.4 is 19.5 Å². The topological polar surface area (TPSA) is 77.1 Å². The zero-order chi connectivity index (χ0) is 23.1. The predicted molar refractivity (Wildman–Crippen MR) is 123 cm³/mol. The average molecular weight is 439 g/mol. The molecule has 1 aliphatic heterocycles. The summed E-state index contributed by atoms with van der Waals surface area (Å²) in [4.78, 5) is 28.0. The van der Waals surface area contributed by atoms with Crippen LogP contribution >= 0.6 is 0 Å². The number of hydrogen-bond acceptors (Lipinski definition) is 5. The van der Waals surface area contributed by atoms with Gasteiger partial charge in [-0.2, -0.15) is 0 Å². The number of methoxy groups -OCH3 is 3. The fourth-order valence-corrected chi connectivity index (χ4v) is 3.71. The van der Waals surface area contributed by atoms with Crippen LogP contribution in [0.4, 0.5) is 0 Å². The number of carbonyl (C=O) groups excluding carboxylic acids is 2. The Morgan fingerprint density at radius 3 is 2.19 bits per heavy atom. The van der Waals surface area contributed by atoms with Crippen molar-refractivity contribution in [3.05, 3.63) is 59.3 Å². The molecule has 0 bridgehead atoms. The van der Waals surface area contributed by atoms with Gasteiger partial charge in [0.15, 0.2) is 11.5 Å². The maximum absolute atomic E-state index is 13.4. The van der Waals surface area contributed by atoms with Crippen LogP contribution in [0.15, 0.2) is 48.2 Å². The van der Waals surface area contributed by atoms with Gasteiger partial charge in [0.1, 0.15) is 5.70 Å². The van der Waals surface area contributed by atoms with Crippen LogP contribution in [0, 0.1) is 5.92 Å². The lowest BCUT2D eigenvalue weighted by atomic mass is 9.99. The van der Waals surface area contributed by atoms with Gasteiger partial charge < -0.3 is 24.4 Å². The minimum Gasteiger partial charge on any atom is -0.493 e. The smallest absolute Gasteiger partial charge is 0.270 e. The third-order valence-corrected chi connectivity index (χ3v) is 5.62. The Kier molecular flexibility index (Phi) is 7.76. The number of benzene rings is 2. The summed E-state index contributed by atoms with van der Waals surface area (Å²) >= 11 is 0. The lowest BCUT2D eigenvalue weighted by Gasteiger charge is -2.31. The molecule has 2 aromatic rings. The Morgan fingerprint density at radius 1 is 0.938 bits per heavy atom. The van der Waals surface area contributed by atoms with E-state index in [1.165, 1.54) is 14.2 Å². The third kappa shape index (κ3) is 5.22. The molecule has 0 saturated carbocycles. The second-order valence-corrected chi connectivity index (χ2v) is 7.78. The van der Waals surface area contributed by atoms with Crippen molar-refractivity contribution in [3.8, 4) is 17.2 Å². The summed E-state index contributed by atoms with van der Waals surface area (Å²) in [5, 5.41) is 2.81. The molecule has 1 N–H and O–H groups in total. The Morgan fingerprint density at radius 2 is 1.59 bits per heavy atom. The molecule has 170 valence electrons. The summed E-state index contributed by atoms with van der Waals surface area (Å²) in [6.07, 6.45) is 3.50. The van der Waals surface area contributed by atoms with Gasteiger partial charge >= 0.3 is 0 Å². The van der Waals surface area contributed by atoms with E-state index in [2.05, 4.69) is 12.2 Å². The molecule has 0 atom stereocenters. The molecule has 2 amide bonds. The maximum Gasteiger partial charge on any atom is 0.270 e. The van der Waals surface area contributed by atoms with Gasteiger partial charge in [0.25, 0.3) is 11.8 Å². The van der Waals surface area contributed by atoms with Crippen LogP contribution in [0.5, 0.6) is 17.2 Å².